The lowest BCUT2D eigenvalue weighted by Gasteiger charge is -1.90. The van der Waals surface area contributed by atoms with Gasteiger partial charge in [-0.2, -0.15) is 5.10 Å². The largest absolute Gasteiger partial charge is 0.454 e. The highest BCUT2D eigenvalue weighted by atomic mass is 16.3. The average Bonchev–Trinajstić information content (AvgIpc) is 2.81. The van der Waals surface area contributed by atoms with Gasteiger partial charge in [-0.15, -0.1) is 0 Å². The second kappa shape index (κ2) is 3.13. The van der Waals surface area contributed by atoms with Gasteiger partial charge in [0.2, 0.25) is 0 Å². The molecule has 1 aromatic carbocycles. The van der Waals surface area contributed by atoms with Gasteiger partial charge in [0.05, 0.1) is 5.69 Å². The molecule has 0 radical (unpaired) electrons. The van der Waals surface area contributed by atoms with E-state index in [2.05, 4.69) is 5.10 Å². The van der Waals surface area contributed by atoms with Crippen LogP contribution in [0.3, 0.4) is 0 Å². The first-order valence-electron chi connectivity index (χ1n) is 5.02. The monoisotopic (exact) mass is 213 g/mol. The molecular formula is C12H11N3O. The number of furan rings is 1. The molecule has 4 nitrogen and oxygen atoms in total. The third-order valence-corrected chi connectivity index (χ3v) is 2.52. The van der Waals surface area contributed by atoms with E-state index >= 15 is 0 Å². The Bertz CT molecular complexity index is 618. The lowest BCUT2D eigenvalue weighted by molar-refractivity contribution is 0.625. The van der Waals surface area contributed by atoms with Crippen LogP contribution in [0.15, 0.2) is 40.9 Å². The quantitative estimate of drug-likeness (QED) is 0.675. The molecule has 0 bridgehead atoms. The number of nitrogens with zero attached hydrogens (tertiary/aromatic N) is 2. The normalized spacial score (nSPS) is 11.1. The van der Waals surface area contributed by atoms with Crippen molar-refractivity contribution in [2.24, 2.45) is 7.05 Å². The Morgan fingerprint density at radius 1 is 1.31 bits per heavy atom. The van der Waals surface area contributed by atoms with Gasteiger partial charge in [0.1, 0.15) is 5.58 Å². The van der Waals surface area contributed by atoms with Crippen LogP contribution in [0, 0.1) is 0 Å². The van der Waals surface area contributed by atoms with Crippen LogP contribution in [0.5, 0.6) is 0 Å². The maximum absolute atomic E-state index is 5.85. The van der Waals surface area contributed by atoms with Gasteiger partial charge >= 0.3 is 0 Å². The van der Waals surface area contributed by atoms with E-state index in [9.17, 15) is 0 Å². The van der Waals surface area contributed by atoms with Crippen LogP contribution in [-0.2, 0) is 7.05 Å². The molecule has 0 spiro atoms. The highest BCUT2D eigenvalue weighted by Gasteiger charge is 2.12. The fraction of sp³-hybridized carbons (Fsp3) is 0.0833. The van der Waals surface area contributed by atoms with E-state index in [1.807, 2.05) is 37.4 Å². The number of nitrogens with two attached hydrogens (primary N) is 1. The van der Waals surface area contributed by atoms with Gasteiger partial charge in [-0.1, -0.05) is 18.2 Å². The van der Waals surface area contributed by atoms with Gasteiger partial charge in [0, 0.05) is 18.6 Å². The molecular weight excluding hydrogens is 202 g/mol. The van der Waals surface area contributed by atoms with Crippen molar-refractivity contribution in [3.05, 3.63) is 36.5 Å². The molecule has 2 heterocycles. The number of nitrogen functional groups attached to an aromatic ring is 1. The van der Waals surface area contributed by atoms with Crippen LogP contribution >= 0.6 is 0 Å². The minimum Gasteiger partial charge on any atom is -0.454 e. The van der Waals surface area contributed by atoms with E-state index < -0.39 is 0 Å². The van der Waals surface area contributed by atoms with E-state index in [4.69, 9.17) is 10.2 Å². The maximum Gasteiger partial charge on any atom is 0.157 e. The first-order valence-corrected chi connectivity index (χ1v) is 5.02. The smallest absolute Gasteiger partial charge is 0.157 e. The van der Waals surface area contributed by atoms with Crippen molar-refractivity contribution >= 4 is 16.7 Å². The third kappa shape index (κ3) is 1.27. The summed E-state index contributed by atoms with van der Waals surface area (Å²) < 4.78 is 7.37. The molecule has 0 fully saturated rings. The van der Waals surface area contributed by atoms with Gasteiger partial charge in [0.25, 0.3) is 0 Å². The lowest BCUT2D eigenvalue weighted by atomic mass is 10.2. The van der Waals surface area contributed by atoms with Crippen LogP contribution in [0.2, 0.25) is 0 Å². The molecule has 0 amide bonds. The highest BCUT2D eigenvalue weighted by Crippen LogP contribution is 2.29. The number of rotatable bonds is 1. The third-order valence-electron chi connectivity index (χ3n) is 2.52. The van der Waals surface area contributed by atoms with Gasteiger partial charge in [-0.05, 0) is 12.1 Å². The Hall–Kier alpha value is -2.23. The number of fused-ring (bicyclic) bond motifs is 1. The molecule has 0 saturated heterocycles. The molecule has 3 aromatic rings. The number of aryl methyl sites for hydroxylation is 1. The number of hydrogen-bond acceptors (Lipinski definition) is 3. The van der Waals surface area contributed by atoms with Gasteiger partial charge in [-0.3, -0.25) is 4.68 Å². The van der Waals surface area contributed by atoms with Crippen LogP contribution in [-0.4, -0.2) is 9.78 Å². The number of benzene rings is 1. The molecule has 16 heavy (non-hydrogen) atoms. The highest BCUT2D eigenvalue weighted by molar-refractivity contribution is 5.84. The van der Waals surface area contributed by atoms with Crippen molar-refractivity contribution in [2.45, 2.75) is 0 Å². The zero-order chi connectivity index (χ0) is 11.1. The Balaban J connectivity index is 2.22. The van der Waals surface area contributed by atoms with Crippen molar-refractivity contribution in [1.29, 1.82) is 0 Å². The van der Waals surface area contributed by atoms with Crippen molar-refractivity contribution in [3.8, 4) is 11.5 Å². The second-order valence-corrected chi connectivity index (χ2v) is 3.76. The number of hydrogen-bond donors (Lipinski definition) is 1. The Kier molecular flexibility index (Phi) is 1.77. The SMILES string of the molecule is Cn1cc(N)c(-c2cc3ccccc3o2)n1. The Morgan fingerprint density at radius 3 is 2.81 bits per heavy atom. The van der Waals surface area contributed by atoms with Crippen LogP contribution in [0.25, 0.3) is 22.4 Å². The van der Waals surface area contributed by atoms with E-state index in [0.717, 1.165) is 11.0 Å². The molecule has 0 aliphatic rings. The zero-order valence-electron chi connectivity index (χ0n) is 8.84. The summed E-state index contributed by atoms with van der Waals surface area (Å²) in [7, 11) is 1.84. The van der Waals surface area contributed by atoms with Gasteiger partial charge in [-0.25, -0.2) is 0 Å². The topological polar surface area (TPSA) is 57.0 Å². The first kappa shape index (κ1) is 9.03. The summed E-state index contributed by atoms with van der Waals surface area (Å²) in [5.41, 5.74) is 8.02. The molecule has 2 aromatic heterocycles. The van der Waals surface area contributed by atoms with E-state index in [1.165, 1.54) is 0 Å². The van der Waals surface area contributed by atoms with Crippen LogP contribution in [0.1, 0.15) is 0 Å². The first-order chi connectivity index (χ1) is 7.74. The predicted molar refractivity (Wildman–Crippen MR) is 62.8 cm³/mol. The molecule has 0 atom stereocenters. The average molecular weight is 213 g/mol. The summed E-state index contributed by atoms with van der Waals surface area (Å²) in [6, 6.07) is 9.80. The standard InChI is InChI=1S/C12H11N3O/c1-15-7-9(13)12(14-15)11-6-8-4-2-3-5-10(8)16-11/h2-7H,13H2,1H3. The minimum atomic E-state index is 0.626. The van der Waals surface area contributed by atoms with Crippen molar-refractivity contribution < 1.29 is 4.42 Å². The minimum absolute atomic E-state index is 0.626. The summed E-state index contributed by atoms with van der Waals surface area (Å²) in [5.74, 6) is 0.708. The fourth-order valence-electron chi connectivity index (χ4n) is 1.80. The Morgan fingerprint density at radius 2 is 2.12 bits per heavy atom. The number of anilines is 1. The Labute approximate surface area is 92.3 Å². The van der Waals surface area contributed by atoms with E-state index in [0.29, 0.717) is 17.1 Å². The number of aromatic nitrogens is 2. The molecule has 4 heteroatoms. The van der Waals surface area contributed by atoms with Gasteiger partial charge < -0.3 is 10.2 Å². The van der Waals surface area contributed by atoms with E-state index in [1.54, 1.807) is 10.9 Å². The molecule has 80 valence electrons. The van der Waals surface area contributed by atoms with Crippen molar-refractivity contribution in [2.75, 3.05) is 5.73 Å². The predicted octanol–water partition coefficient (Wildman–Crippen LogP) is 2.42. The van der Waals surface area contributed by atoms with E-state index in [-0.39, 0.29) is 0 Å². The molecule has 2 N–H and O–H groups in total. The summed E-state index contributed by atoms with van der Waals surface area (Å²) >= 11 is 0. The lowest BCUT2D eigenvalue weighted by Crippen LogP contribution is -1.86. The zero-order valence-corrected chi connectivity index (χ0v) is 8.84. The second-order valence-electron chi connectivity index (χ2n) is 3.76. The summed E-state index contributed by atoms with van der Waals surface area (Å²) in [6.07, 6.45) is 1.77. The van der Waals surface area contributed by atoms with Crippen molar-refractivity contribution in [3.63, 3.8) is 0 Å². The molecule has 0 aliphatic carbocycles. The molecule has 0 saturated carbocycles. The fourth-order valence-corrected chi connectivity index (χ4v) is 1.80. The van der Waals surface area contributed by atoms with Crippen LogP contribution in [0.4, 0.5) is 5.69 Å². The maximum atomic E-state index is 5.85. The molecule has 3 rings (SSSR count). The summed E-state index contributed by atoms with van der Waals surface area (Å²) in [5, 5.41) is 5.33. The van der Waals surface area contributed by atoms with Gasteiger partial charge in [0.15, 0.2) is 11.5 Å². The summed E-state index contributed by atoms with van der Waals surface area (Å²) in [6.45, 7) is 0. The van der Waals surface area contributed by atoms with Crippen molar-refractivity contribution in [1.82, 2.24) is 9.78 Å². The molecule has 0 unspecified atom stereocenters. The number of para-hydroxylation sites is 1. The summed E-state index contributed by atoms with van der Waals surface area (Å²) in [4.78, 5) is 0. The molecule has 0 aliphatic heterocycles. The van der Waals surface area contributed by atoms with Crippen LogP contribution < -0.4 is 5.73 Å².